The lowest BCUT2D eigenvalue weighted by Crippen LogP contribution is -1.63. The second-order valence-electron chi connectivity index (χ2n) is 3.84. The third kappa shape index (κ3) is 2.92. The number of H-pyrrole nitrogens is 2. The third-order valence-electron chi connectivity index (χ3n) is 2.66. The highest BCUT2D eigenvalue weighted by molar-refractivity contribution is 5.85. The first-order valence-electron chi connectivity index (χ1n) is 5.70. The summed E-state index contributed by atoms with van der Waals surface area (Å²) in [4.78, 5) is 14.1. The Hall–Kier alpha value is -2.33. The lowest BCUT2D eigenvalue weighted by atomic mass is 10.3. The number of fused-ring (bicyclic) bond motifs is 2. The standard InChI is InChI=1S/2C7H6N2.ClH/c2*1-2-4-7-6(3-1)8-5-9-7;/h2*1-5H,(H,8,9);1H. The maximum atomic E-state index is 4.06. The summed E-state index contributed by atoms with van der Waals surface area (Å²) in [5, 5.41) is 0. The van der Waals surface area contributed by atoms with Crippen molar-refractivity contribution in [3.63, 3.8) is 0 Å². The molecule has 2 aromatic carbocycles. The molecule has 0 radical (unpaired) electrons. The van der Waals surface area contributed by atoms with Crippen molar-refractivity contribution in [3.05, 3.63) is 61.2 Å². The molecule has 0 spiro atoms. The van der Waals surface area contributed by atoms with Crippen LogP contribution < -0.4 is 0 Å². The quantitative estimate of drug-likeness (QED) is 0.514. The number of aromatic amines is 2. The van der Waals surface area contributed by atoms with Gasteiger partial charge in [0.2, 0.25) is 0 Å². The summed E-state index contributed by atoms with van der Waals surface area (Å²) in [6.07, 6.45) is 3.40. The molecule has 0 amide bonds. The van der Waals surface area contributed by atoms with E-state index < -0.39 is 0 Å². The summed E-state index contributed by atoms with van der Waals surface area (Å²) in [6.45, 7) is 0. The highest BCUT2D eigenvalue weighted by Gasteiger charge is 1.89. The fourth-order valence-electron chi connectivity index (χ4n) is 1.76. The van der Waals surface area contributed by atoms with E-state index in [1.807, 2.05) is 48.5 Å². The van der Waals surface area contributed by atoms with E-state index in [1.165, 1.54) is 0 Å². The first-order valence-corrected chi connectivity index (χ1v) is 5.70. The van der Waals surface area contributed by atoms with E-state index in [1.54, 1.807) is 12.7 Å². The summed E-state index contributed by atoms with van der Waals surface area (Å²) < 4.78 is 0. The minimum atomic E-state index is 0. The highest BCUT2D eigenvalue weighted by Crippen LogP contribution is 2.06. The Morgan fingerprint density at radius 1 is 0.632 bits per heavy atom. The molecule has 0 saturated heterocycles. The molecule has 0 atom stereocenters. The Morgan fingerprint density at radius 2 is 1.05 bits per heavy atom. The van der Waals surface area contributed by atoms with Crippen LogP contribution in [0.5, 0.6) is 0 Å². The van der Waals surface area contributed by atoms with Crippen LogP contribution in [-0.2, 0) is 0 Å². The maximum absolute atomic E-state index is 4.06. The van der Waals surface area contributed by atoms with Gasteiger partial charge in [-0.05, 0) is 24.3 Å². The van der Waals surface area contributed by atoms with Crippen LogP contribution >= 0.6 is 12.4 Å². The number of nitrogens with zero attached hydrogens (tertiary/aromatic N) is 2. The number of hydrogen-bond acceptors (Lipinski definition) is 2. The number of rotatable bonds is 0. The average molecular weight is 273 g/mol. The number of aromatic nitrogens is 4. The lowest BCUT2D eigenvalue weighted by molar-refractivity contribution is 1.34. The second-order valence-corrected chi connectivity index (χ2v) is 3.84. The molecular weight excluding hydrogens is 260 g/mol. The summed E-state index contributed by atoms with van der Waals surface area (Å²) in [7, 11) is 0. The molecule has 2 N–H and O–H groups in total. The summed E-state index contributed by atoms with van der Waals surface area (Å²) in [5.74, 6) is 0. The number of imidazole rings is 2. The van der Waals surface area contributed by atoms with E-state index in [2.05, 4.69) is 19.9 Å². The fourth-order valence-corrected chi connectivity index (χ4v) is 1.76. The predicted octanol–water partition coefficient (Wildman–Crippen LogP) is 3.55. The van der Waals surface area contributed by atoms with Crippen molar-refractivity contribution in [1.82, 2.24) is 19.9 Å². The zero-order chi connectivity index (χ0) is 12.2. The fraction of sp³-hybridized carbons (Fsp3) is 0. The van der Waals surface area contributed by atoms with E-state index in [4.69, 9.17) is 0 Å². The number of para-hydroxylation sites is 4. The first kappa shape index (κ1) is 13.1. The van der Waals surface area contributed by atoms with Gasteiger partial charge >= 0.3 is 0 Å². The van der Waals surface area contributed by atoms with Gasteiger partial charge in [0.1, 0.15) is 0 Å². The minimum Gasteiger partial charge on any atom is -0.345 e. The zero-order valence-electron chi connectivity index (χ0n) is 10.1. The predicted molar refractivity (Wildman–Crippen MR) is 79.4 cm³/mol. The van der Waals surface area contributed by atoms with Gasteiger partial charge in [-0.25, -0.2) is 9.97 Å². The van der Waals surface area contributed by atoms with Gasteiger partial charge in [-0.15, -0.1) is 12.4 Å². The SMILES string of the molecule is Cl.c1ccc2[nH]cnc2c1.c1ccc2[nH]cnc2c1. The summed E-state index contributed by atoms with van der Waals surface area (Å²) >= 11 is 0. The van der Waals surface area contributed by atoms with Crippen molar-refractivity contribution in [2.24, 2.45) is 0 Å². The topological polar surface area (TPSA) is 57.4 Å². The van der Waals surface area contributed by atoms with Crippen molar-refractivity contribution in [2.75, 3.05) is 0 Å². The third-order valence-corrected chi connectivity index (χ3v) is 2.66. The van der Waals surface area contributed by atoms with Crippen LogP contribution in [0.15, 0.2) is 61.2 Å². The minimum absolute atomic E-state index is 0. The van der Waals surface area contributed by atoms with Gasteiger partial charge in [-0.1, -0.05) is 24.3 Å². The molecule has 4 aromatic rings. The van der Waals surface area contributed by atoms with E-state index >= 15 is 0 Å². The molecule has 0 aliphatic heterocycles. The molecule has 0 fully saturated rings. The molecular formula is C14H13ClN4. The molecule has 2 heterocycles. The normalized spacial score (nSPS) is 9.68. The molecule has 0 unspecified atom stereocenters. The first-order chi connectivity index (χ1) is 8.93. The molecule has 4 rings (SSSR count). The van der Waals surface area contributed by atoms with Crippen LogP contribution in [0.2, 0.25) is 0 Å². The van der Waals surface area contributed by atoms with Crippen LogP contribution in [0.1, 0.15) is 0 Å². The van der Waals surface area contributed by atoms with Crippen molar-refractivity contribution < 1.29 is 0 Å². The maximum Gasteiger partial charge on any atom is 0.0931 e. The number of benzene rings is 2. The van der Waals surface area contributed by atoms with Crippen molar-refractivity contribution in [1.29, 1.82) is 0 Å². The zero-order valence-corrected chi connectivity index (χ0v) is 10.9. The van der Waals surface area contributed by atoms with Crippen LogP contribution in [0, 0.1) is 0 Å². The summed E-state index contributed by atoms with van der Waals surface area (Å²) in [6, 6.07) is 15.9. The lowest BCUT2D eigenvalue weighted by Gasteiger charge is -1.81. The Labute approximate surface area is 116 Å². The van der Waals surface area contributed by atoms with E-state index in [0.29, 0.717) is 0 Å². The Bertz CT molecular complexity index is 633. The van der Waals surface area contributed by atoms with Crippen LogP contribution in [0.4, 0.5) is 0 Å². The molecule has 0 bridgehead atoms. The van der Waals surface area contributed by atoms with E-state index in [0.717, 1.165) is 22.1 Å². The van der Waals surface area contributed by atoms with Crippen LogP contribution in [0.3, 0.4) is 0 Å². The average Bonchev–Trinajstić information content (AvgIpc) is 3.08. The molecule has 96 valence electrons. The molecule has 0 aliphatic rings. The largest absolute Gasteiger partial charge is 0.345 e. The van der Waals surface area contributed by atoms with Crippen molar-refractivity contribution in [2.45, 2.75) is 0 Å². The van der Waals surface area contributed by atoms with Gasteiger partial charge in [-0.2, -0.15) is 0 Å². The van der Waals surface area contributed by atoms with Gasteiger partial charge in [0.15, 0.2) is 0 Å². The summed E-state index contributed by atoms with van der Waals surface area (Å²) in [5.41, 5.74) is 4.24. The van der Waals surface area contributed by atoms with Crippen molar-refractivity contribution >= 4 is 34.5 Å². The van der Waals surface area contributed by atoms with Gasteiger partial charge < -0.3 is 9.97 Å². The van der Waals surface area contributed by atoms with Gasteiger partial charge in [0.25, 0.3) is 0 Å². The highest BCUT2D eigenvalue weighted by atomic mass is 35.5. The second kappa shape index (κ2) is 6.02. The molecule has 0 aliphatic carbocycles. The van der Waals surface area contributed by atoms with E-state index in [9.17, 15) is 0 Å². The number of halogens is 1. The molecule has 19 heavy (non-hydrogen) atoms. The Morgan fingerprint density at radius 3 is 1.47 bits per heavy atom. The Balaban J connectivity index is 0.000000133. The smallest absolute Gasteiger partial charge is 0.0931 e. The Kier molecular flexibility index (Phi) is 4.15. The van der Waals surface area contributed by atoms with Crippen LogP contribution in [0.25, 0.3) is 22.1 Å². The van der Waals surface area contributed by atoms with E-state index in [-0.39, 0.29) is 12.4 Å². The van der Waals surface area contributed by atoms with Crippen molar-refractivity contribution in [3.8, 4) is 0 Å². The van der Waals surface area contributed by atoms with Gasteiger partial charge in [-0.3, -0.25) is 0 Å². The number of hydrogen-bond donors (Lipinski definition) is 2. The molecule has 0 saturated carbocycles. The molecule has 5 heteroatoms. The van der Waals surface area contributed by atoms with Crippen LogP contribution in [-0.4, -0.2) is 19.9 Å². The number of nitrogens with one attached hydrogen (secondary N) is 2. The van der Waals surface area contributed by atoms with Gasteiger partial charge in [0, 0.05) is 0 Å². The molecule has 2 aromatic heterocycles. The molecule has 4 nitrogen and oxygen atoms in total. The monoisotopic (exact) mass is 272 g/mol. The van der Waals surface area contributed by atoms with Gasteiger partial charge in [0.05, 0.1) is 34.7 Å².